The van der Waals surface area contributed by atoms with Crippen molar-refractivity contribution in [1.82, 2.24) is 0 Å². The largest absolute Gasteiger partial charge is 0.322 e. The number of hydrogen-bond donors (Lipinski definition) is 1. The number of nitrogens with zero attached hydrogens (tertiary/aromatic N) is 1. The van der Waals surface area contributed by atoms with Crippen molar-refractivity contribution in [2.24, 2.45) is 0 Å². The van der Waals surface area contributed by atoms with Crippen molar-refractivity contribution in [3.05, 3.63) is 121 Å². The number of rotatable bonds is 7. The molecule has 0 saturated heterocycles. The van der Waals surface area contributed by atoms with Crippen LogP contribution in [0.4, 0.5) is 21.5 Å². The second-order valence-electron chi connectivity index (χ2n) is 7.57. The number of nitrogens with one attached hydrogen (secondary N) is 1. The van der Waals surface area contributed by atoms with Gasteiger partial charge in [-0.15, -0.1) is 11.8 Å². The summed E-state index contributed by atoms with van der Waals surface area (Å²) in [4.78, 5) is 28.5. The van der Waals surface area contributed by atoms with E-state index in [9.17, 15) is 14.0 Å². The van der Waals surface area contributed by atoms with E-state index in [0.29, 0.717) is 5.69 Å². The number of anilines is 3. The summed E-state index contributed by atoms with van der Waals surface area (Å²) in [6, 6.07) is 32.1. The first-order valence-corrected chi connectivity index (χ1v) is 11.7. The molecule has 4 nitrogen and oxygen atoms in total. The van der Waals surface area contributed by atoms with Gasteiger partial charge in [0.05, 0.1) is 10.8 Å². The van der Waals surface area contributed by atoms with Crippen LogP contribution < -0.4 is 10.2 Å². The topological polar surface area (TPSA) is 49.4 Å². The average molecular weight is 471 g/mol. The smallest absolute Gasteiger partial charge is 0.258 e. The van der Waals surface area contributed by atoms with Gasteiger partial charge in [-0.25, -0.2) is 4.39 Å². The molecule has 6 heteroatoms. The molecule has 0 aliphatic carbocycles. The lowest BCUT2D eigenvalue weighted by Gasteiger charge is -2.26. The fourth-order valence-corrected chi connectivity index (χ4v) is 4.45. The Kier molecular flexibility index (Phi) is 7.40. The van der Waals surface area contributed by atoms with Gasteiger partial charge in [0.2, 0.25) is 5.91 Å². The molecule has 1 N–H and O–H groups in total. The lowest BCUT2D eigenvalue weighted by molar-refractivity contribution is -0.117. The summed E-state index contributed by atoms with van der Waals surface area (Å²) in [5, 5.41) is 2.32. The van der Waals surface area contributed by atoms with E-state index in [-0.39, 0.29) is 11.5 Å². The number of hydrogen-bond acceptors (Lipinski definition) is 3. The molecule has 4 rings (SSSR count). The number of para-hydroxylation sites is 2. The van der Waals surface area contributed by atoms with Gasteiger partial charge in [0.1, 0.15) is 5.82 Å². The summed E-state index contributed by atoms with van der Waals surface area (Å²) in [5.74, 6) is -1.17. The Morgan fingerprint density at radius 2 is 1.38 bits per heavy atom. The normalized spacial score (nSPS) is 11.5. The van der Waals surface area contributed by atoms with Crippen molar-refractivity contribution in [2.75, 3.05) is 10.2 Å². The first kappa shape index (κ1) is 23.3. The Morgan fingerprint density at radius 1 is 0.794 bits per heavy atom. The number of halogens is 1. The quantitative estimate of drug-likeness (QED) is 0.298. The summed E-state index contributed by atoms with van der Waals surface area (Å²) < 4.78 is 13.9. The molecule has 0 heterocycles. The number of benzene rings is 4. The highest BCUT2D eigenvalue weighted by atomic mass is 32.2. The Morgan fingerprint density at radius 3 is 2.00 bits per heavy atom. The Balaban J connectivity index is 1.51. The molecule has 0 saturated carbocycles. The van der Waals surface area contributed by atoms with Crippen molar-refractivity contribution in [3.8, 4) is 0 Å². The van der Waals surface area contributed by atoms with E-state index in [1.54, 1.807) is 29.2 Å². The molecule has 2 amide bonds. The summed E-state index contributed by atoms with van der Waals surface area (Å²) in [6.07, 6.45) is 0. The van der Waals surface area contributed by atoms with E-state index < -0.39 is 17.0 Å². The Labute approximate surface area is 202 Å². The summed E-state index contributed by atoms with van der Waals surface area (Å²) in [7, 11) is 0. The first-order valence-electron chi connectivity index (χ1n) is 10.8. The molecule has 4 aromatic rings. The zero-order valence-corrected chi connectivity index (χ0v) is 19.3. The molecule has 1 atom stereocenters. The van der Waals surface area contributed by atoms with Crippen LogP contribution in [0.3, 0.4) is 0 Å². The molecule has 170 valence electrons. The van der Waals surface area contributed by atoms with Gasteiger partial charge >= 0.3 is 0 Å². The van der Waals surface area contributed by atoms with Crippen LogP contribution >= 0.6 is 11.8 Å². The van der Waals surface area contributed by atoms with Gasteiger partial charge in [0.15, 0.2) is 0 Å². The van der Waals surface area contributed by atoms with Crippen LogP contribution in [0.25, 0.3) is 0 Å². The van der Waals surface area contributed by atoms with Crippen molar-refractivity contribution in [3.63, 3.8) is 0 Å². The van der Waals surface area contributed by atoms with Gasteiger partial charge in [-0.3, -0.25) is 14.5 Å². The molecule has 0 bridgehead atoms. The minimum atomic E-state index is -0.577. The first-order chi connectivity index (χ1) is 16.5. The van der Waals surface area contributed by atoms with Crippen LogP contribution in [-0.4, -0.2) is 17.1 Å². The van der Waals surface area contributed by atoms with Gasteiger partial charge in [0.25, 0.3) is 5.91 Å². The van der Waals surface area contributed by atoms with Crippen molar-refractivity contribution >= 4 is 40.6 Å². The molecule has 0 aliphatic heterocycles. The summed E-state index contributed by atoms with van der Waals surface area (Å²) in [6.45, 7) is 1.86. The third kappa shape index (κ3) is 5.53. The molecule has 0 aromatic heterocycles. The summed E-state index contributed by atoms with van der Waals surface area (Å²) in [5.41, 5.74) is 2.08. The van der Waals surface area contributed by atoms with Crippen LogP contribution in [0.2, 0.25) is 0 Å². The number of carbonyl (C=O) groups excluding carboxylic acids is 2. The van der Waals surface area contributed by atoms with Crippen molar-refractivity contribution in [2.45, 2.75) is 17.1 Å². The van der Waals surface area contributed by atoms with Gasteiger partial charge in [-0.2, -0.15) is 0 Å². The average Bonchev–Trinajstić information content (AvgIpc) is 2.86. The summed E-state index contributed by atoms with van der Waals surface area (Å²) >= 11 is 1.39. The van der Waals surface area contributed by atoms with Gasteiger partial charge < -0.3 is 5.32 Å². The second kappa shape index (κ2) is 10.8. The predicted molar refractivity (Wildman–Crippen MR) is 136 cm³/mol. The SMILES string of the molecule is CC(Sc1cccc(NC(=O)c2ccccc2F)c1)C(=O)N(c1ccccc1)c1ccccc1. The van der Waals surface area contributed by atoms with Crippen molar-refractivity contribution < 1.29 is 14.0 Å². The maximum absolute atomic E-state index is 13.9. The van der Waals surface area contributed by atoms with Crippen LogP contribution in [0, 0.1) is 5.82 Å². The highest BCUT2D eigenvalue weighted by Gasteiger charge is 2.24. The van der Waals surface area contributed by atoms with Gasteiger partial charge in [-0.05, 0) is 61.5 Å². The van der Waals surface area contributed by atoms with E-state index in [1.165, 1.54) is 30.0 Å². The van der Waals surface area contributed by atoms with Crippen molar-refractivity contribution in [1.29, 1.82) is 0 Å². The standard InChI is InChI=1S/C28H23FN2O2S/c1-20(28(33)31(22-12-4-2-5-13-22)23-14-6-3-7-15-23)34-24-16-10-11-21(19-24)30-27(32)25-17-8-9-18-26(25)29/h2-20H,1H3,(H,30,32). The molecule has 0 aliphatic rings. The Hall–Kier alpha value is -3.90. The highest BCUT2D eigenvalue weighted by molar-refractivity contribution is 8.00. The minimum absolute atomic E-state index is 0.0227. The van der Waals surface area contributed by atoms with Crippen LogP contribution in [-0.2, 0) is 4.79 Å². The number of thioether (sulfide) groups is 1. The molecule has 0 fully saturated rings. The zero-order valence-electron chi connectivity index (χ0n) is 18.5. The second-order valence-corrected chi connectivity index (χ2v) is 8.98. The lowest BCUT2D eigenvalue weighted by atomic mass is 10.2. The number of amides is 2. The molecule has 0 radical (unpaired) electrons. The zero-order chi connectivity index (χ0) is 23.9. The third-order valence-corrected chi connectivity index (χ3v) is 6.20. The van der Waals surface area contributed by atoms with Crippen LogP contribution in [0.15, 0.2) is 114 Å². The fraction of sp³-hybridized carbons (Fsp3) is 0.0714. The third-order valence-electron chi connectivity index (χ3n) is 5.12. The monoisotopic (exact) mass is 470 g/mol. The lowest BCUT2D eigenvalue weighted by Crippen LogP contribution is -2.32. The number of carbonyl (C=O) groups is 2. The van der Waals surface area contributed by atoms with E-state index in [2.05, 4.69) is 5.32 Å². The molecule has 0 spiro atoms. The van der Waals surface area contributed by atoms with Crippen LogP contribution in [0.5, 0.6) is 0 Å². The maximum Gasteiger partial charge on any atom is 0.258 e. The Bertz CT molecular complexity index is 1240. The maximum atomic E-state index is 13.9. The van der Waals surface area contributed by atoms with E-state index in [0.717, 1.165) is 16.3 Å². The molecule has 34 heavy (non-hydrogen) atoms. The molecule has 1 unspecified atom stereocenters. The van der Waals surface area contributed by atoms with Gasteiger partial charge in [-0.1, -0.05) is 54.6 Å². The van der Waals surface area contributed by atoms with Gasteiger partial charge in [0, 0.05) is 22.0 Å². The molecular formula is C28H23FN2O2S. The minimum Gasteiger partial charge on any atom is -0.322 e. The molecular weight excluding hydrogens is 447 g/mol. The van der Waals surface area contributed by atoms with E-state index in [1.807, 2.05) is 73.7 Å². The van der Waals surface area contributed by atoms with E-state index in [4.69, 9.17) is 0 Å². The highest BCUT2D eigenvalue weighted by Crippen LogP contribution is 2.32. The van der Waals surface area contributed by atoms with Crippen LogP contribution in [0.1, 0.15) is 17.3 Å². The fourth-order valence-electron chi connectivity index (χ4n) is 3.48. The molecule has 4 aromatic carbocycles. The van der Waals surface area contributed by atoms with E-state index >= 15 is 0 Å². The predicted octanol–water partition coefficient (Wildman–Crippen LogP) is 6.92.